The van der Waals surface area contributed by atoms with Crippen LogP contribution in [0.4, 0.5) is 0 Å². The topological polar surface area (TPSA) is 50.4 Å². The number of rotatable bonds is 4. The van der Waals surface area contributed by atoms with Crippen LogP contribution in [-0.4, -0.2) is 37.7 Å². The molecule has 1 aliphatic heterocycles. The zero-order chi connectivity index (χ0) is 11.0. The predicted octanol–water partition coefficient (Wildman–Crippen LogP) is 0.701. The summed E-state index contributed by atoms with van der Waals surface area (Å²) < 4.78 is 5.47. The van der Waals surface area contributed by atoms with Gasteiger partial charge in [-0.15, -0.1) is 12.4 Å². The van der Waals surface area contributed by atoms with Crippen molar-refractivity contribution in [3.8, 4) is 0 Å². The van der Waals surface area contributed by atoms with Crippen molar-refractivity contribution in [3.05, 3.63) is 0 Å². The van der Waals surface area contributed by atoms with Gasteiger partial charge in [0.2, 0.25) is 0 Å². The Hall–Kier alpha value is -0.320. The molecule has 3 fully saturated rings. The van der Waals surface area contributed by atoms with E-state index in [2.05, 4.69) is 10.6 Å². The van der Waals surface area contributed by atoms with E-state index in [9.17, 15) is 4.79 Å². The second kappa shape index (κ2) is 5.55. The van der Waals surface area contributed by atoms with Crippen molar-refractivity contribution >= 4 is 18.3 Å². The number of carbonyl (C=O) groups excluding carboxylic acids is 1. The first-order valence-corrected chi connectivity index (χ1v) is 6.47. The summed E-state index contributed by atoms with van der Waals surface area (Å²) in [6.45, 7) is 2.17. The molecule has 1 atom stereocenters. The summed E-state index contributed by atoms with van der Waals surface area (Å²) in [6, 6.07) is 0.443. The maximum Gasteiger partial charge on any atom is 0.250 e. The number of hydrogen-bond acceptors (Lipinski definition) is 3. The van der Waals surface area contributed by atoms with E-state index in [0.717, 1.165) is 18.4 Å². The fourth-order valence-corrected chi connectivity index (χ4v) is 2.52. The van der Waals surface area contributed by atoms with Gasteiger partial charge in [-0.1, -0.05) is 0 Å². The normalized spacial score (nSPS) is 28.6. The number of hydrogen-bond donors (Lipinski definition) is 2. The Morgan fingerprint density at radius 3 is 2.35 bits per heavy atom. The van der Waals surface area contributed by atoms with Crippen molar-refractivity contribution < 1.29 is 9.53 Å². The Balaban J connectivity index is 0.00000108. The quantitative estimate of drug-likeness (QED) is 0.783. The van der Waals surface area contributed by atoms with Crippen LogP contribution < -0.4 is 10.6 Å². The molecule has 0 bridgehead atoms. The molecule has 0 aromatic carbocycles. The maximum atomic E-state index is 12.0. The first kappa shape index (κ1) is 13.1. The van der Waals surface area contributed by atoms with Crippen molar-refractivity contribution in [1.82, 2.24) is 10.6 Å². The minimum absolute atomic E-state index is 0. The van der Waals surface area contributed by atoms with Crippen molar-refractivity contribution in [2.75, 3.05) is 19.7 Å². The van der Waals surface area contributed by atoms with Crippen LogP contribution in [0.2, 0.25) is 0 Å². The Kier molecular flexibility index (Phi) is 4.28. The van der Waals surface area contributed by atoms with E-state index in [1.807, 2.05) is 0 Å². The fraction of sp³-hybridized carbons (Fsp3) is 0.917. The molecule has 0 aromatic heterocycles. The van der Waals surface area contributed by atoms with Crippen LogP contribution in [0.15, 0.2) is 0 Å². The molecule has 2 aliphatic carbocycles. The predicted molar refractivity (Wildman–Crippen MR) is 67.2 cm³/mol. The molecular formula is C12H21ClN2O2. The summed E-state index contributed by atoms with van der Waals surface area (Å²) in [5.41, 5.74) is 0. The van der Waals surface area contributed by atoms with Crippen LogP contribution in [0, 0.1) is 11.8 Å². The molecule has 0 aromatic rings. The number of morpholine rings is 1. The molecule has 3 rings (SSSR count). The molecule has 1 saturated heterocycles. The van der Waals surface area contributed by atoms with Crippen LogP contribution in [-0.2, 0) is 9.53 Å². The highest BCUT2D eigenvalue weighted by Gasteiger charge is 2.43. The first-order valence-electron chi connectivity index (χ1n) is 6.47. The standard InChI is InChI=1S/C12H20N2O2.ClH/c15-12(10-7-13-5-6-16-10)14-11(8-1-2-8)9-3-4-9;/h8-11,13H,1-7H2,(H,14,15);1H. The van der Waals surface area contributed by atoms with E-state index in [4.69, 9.17) is 4.74 Å². The van der Waals surface area contributed by atoms with Gasteiger partial charge in [0.15, 0.2) is 0 Å². The molecule has 2 N–H and O–H groups in total. The average Bonchev–Trinajstić information content (AvgIpc) is 3.19. The lowest BCUT2D eigenvalue weighted by atomic mass is 10.1. The highest BCUT2D eigenvalue weighted by molar-refractivity contribution is 5.85. The molecule has 5 heteroatoms. The lowest BCUT2D eigenvalue weighted by molar-refractivity contribution is -0.135. The highest BCUT2D eigenvalue weighted by atomic mass is 35.5. The lowest BCUT2D eigenvalue weighted by Crippen LogP contribution is -2.51. The summed E-state index contributed by atoms with van der Waals surface area (Å²) in [4.78, 5) is 12.0. The van der Waals surface area contributed by atoms with Gasteiger partial charge in [-0.05, 0) is 37.5 Å². The van der Waals surface area contributed by atoms with E-state index >= 15 is 0 Å². The van der Waals surface area contributed by atoms with Crippen molar-refractivity contribution in [2.45, 2.75) is 37.8 Å². The van der Waals surface area contributed by atoms with E-state index in [-0.39, 0.29) is 24.4 Å². The Morgan fingerprint density at radius 2 is 1.88 bits per heavy atom. The molecule has 0 radical (unpaired) electrons. The summed E-state index contributed by atoms with van der Waals surface area (Å²) in [7, 11) is 0. The molecule has 1 heterocycles. The number of carbonyl (C=O) groups is 1. The Bertz CT molecular complexity index is 262. The van der Waals surface area contributed by atoms with Gasteiger partial charge in [-0.25, -0.2) is 0 Å². The molecule has 98 valence electrons. The number of amides is 1. The fourth-order valence-electron chi connectivity index (χ4n) is 2.52. The third-order valence-corrected chi connectivity index (χ3v) is 3.79. The van der Waals surface area contributed by atoms with Crippen molar-refractivity contribution in [1.29, 1.82) is 0 Å². The van der Waals surface area contributed by atoms with E-state index < -0.39 is 0 Å². The SMILES string of the molecule is Cl.O=C(NC(C1CC1)C1CC1)C1CNCCO1. The van der Waals surface area contributed by atoms with Crippen LogP contribution >= 0.6 is 12.4 Å². The van der Waals surface area contributed by atoms with E-state index in [1.165, 1.54) is 25.7 Å². The van der Waals surface area contributed by atoms with Crippen LogP contribution in [0.1, 0.15) is 25.7 Å². The monoisotopic (exact) mass is 260 g/mol. The zero-order valence-corrected chi connectivity index (χ0v) is 10.8. The molecular weight excluding hydrogens is 240 g/mol. The molecule has 2 saturated carbocycles. The van der Waals surface area contributed by atoms with Crippen LogP contribution in [0.5, 0.6) is 0 Å². The van der Waals surface area contributed by atoms with Gasteiger partial charge in [0.05, 0.1) is 6.61 Å². The van der Waals surface area contributed by atoms with Crippen molar-refractivity contribution in [3.63, 3.8) is 0 Å². The van der Waals surface area contributed by atoms with Crippen LogP contribution in [0.25, 0.3) is 0 Å². The second-order valence-corrected chi connectivity index (χ2v) is 5.27. The van der Waals surface area contributed by atoms with Gasteiger partial charge < -0.3 is 15.4 Å². The Labute approximate surface area is 108 Å². The molecule has 4 nitrogen and oxygen atoms in total. The largest absolute Gasteiger partial charge is 0.366 e. The third-order valence-electron chi connectivity index (χ3n) is 3.79. The van der Waals surface area contributed by atoms with E-state index in [1.54, 1.807) is 0 Å². The van der Waals surface area contributed by atoms with Crippen molar-refractivity contribution in [2.24, 2.45) is 11.8 Å². The lowest BCUT2D eigenvalue weighted by Gasteiger charge is -2.26. The summed E-state index contributed by atoms with van der Waals surface area (Å²) >= 11 is 0. The van der Waals surface area contributed by atoms with Gasteiger partial charge in [-0.2, -0.15) is 0 Å². The molecule has 1 amide bonds. The molecule has 1 unspecified atom stereocenters. The maximum absolute atomic E-state index is 12.0. The highest BCUT2D eigenvalue weighted by Crippen LogP contribution is 2.44. The number of nitrogens with one attached hydrogen (secondary N) is 2. The van der Waals surface area contributed by atoms with Gasteiger partial charge >= 0.3 is 0 Å². The van der Waals surface area contributed by atoms with Gasteiger partial charge in [0.25, 0.3) is 5.91 Å². The second-order valence-electron chi connectivity index (χ2n) is 5.27. The molecule has 17 heavy (non-hydrogen) atoms. The smallest absolute Gasteiger partial charge is 0.250 e. The minimum Gasteiger partial charge on any atom is -0.366 e. The molecule has 3 aliphatic rings. The summed E-state index contributed by atoms with van der Waals surface area (Å²) in [5.74, 6) is 1.61. The molecule has 0 spiro atoms. The Morgan fingerprint density at radius 1 is 1.24 bits per heavy atom. The van der Waals surface area contributed by atoms with Gasteiger partial charge in [-0.3, -0.25) is 4.79 Å². The number of halogens is 1. The number of ether oxygens (including phenoxy) is 1. The van der Waals surface area contributed by atoms with Crippen LogP contribution in [0.3, 0.4) is 0 Å². The zero-order valence-electron chi connectivity index (χ0n) is 9.98. The minimum atomic E-state index is -0.270. The first-order chi connectivity index (χ1) is 7.84. The summed E-state index contributed by atoms with van der Waals surface area (Å²) in [5, 5.41) is 6.40. The van der Waals surface area contributed by atoms with Gasteiger partial charge in [0, 0.05) is 19.1 Å². The summed E-state index contributed by atoms with van der Waals surface area (Å²) in [6.07, 6.45) is 4.92. The van der Waals surface area contributed by atoms with Gasteiger partial charge in [0.1, 0.15) is 6.10 Å². The average molecular weight is 261 g/mol. The van der Waals surface area contributed by atoms with E-state index in [0.29, 0.717) is 19.2 Å². The third kappa shape index (κ3) is 3.33.